The van der Waals surface area contributed by atoms with E-state index in [1.54, 1.807) is 6.26 Å². The van der Waals surface area contributed by atoms with Gasteiger partial charge in [0.1, 0.15) is 0 Å². The van der Waals surface area contributed by atoms with Crippen molar-refractivity contribution in [2.75, 3.05) is 7.11 Å². The van der Waals surface area contributed by atoms with Crippen LogP contribution in [0.2, 0.25) is 0 Å². The number of hydrogen-bond donors (Lipinski definition) is 0. The molecule has 4 unspecified atom stereocenters. The number of furan rings is 1. The minimum absolute atomic E-state index is 0.00705. The standard InChI is InChI=1S/C19H28O3/c1-18-9-5-10-19(2,17(20)21-3)16(18)7-4-6-15(18)12-14-8-11-22-13-14/h8,11,13,15-16H,4-7,9-10,12H2,1-3H3. The van der Waals surface area contributed by atoms with Crippen LogP contribution in [-0.4, -0.2) is 13.1 Å². The average molecular weight is 304 g/mol. The van der Waals surface area contributed by atoms with Gasteiger partial charge in [0.2, 0.25) is 0 Å². The average Bonchev–Trinajstić information content (AvgIpc) is 3.01. The van der Waals surface area contributed by atoms with Crippen molar-refractivity contribution in [2.24, 2.45) is 22.7 Å². The summed E-state index contributed by atoms with van der Waals surface area (Å²) in [5, 5.41) is 0. The molecule has 1 aromatic heterocycles. The highest BCUT2D eigenvalue weighted by Crippen LogP contribution is 2.60. The maximum absolute atomic E-state index is 12.5. The second-order valence-electron chi connectivity index (χ2n) is 7.78. The van der Waals surface area contributed by atoms with Crippen LogP contribution in [-0.2, 0) is 16.0 Å². The summed E-state index contributed by atoms with van der Waals surface area (Å²) in [7, 11) is 1.53. The zero-order valence-corrected chi connectivity index (χ0v) is 14.1. The Bertz CT molecular complexity index is 521. The first kappa shape index (κ1) is 15.6. The quantitative estimate of drug-likeness (QED) is 0.766. The Morgan fingerprint density at radius 1 is 1.32 bits per heavy atom. The molecule has 2 aliphatic rings. The zero-order valence-electron chi connectivity index (χ0n) is 14.1. The van der Waals surface area contributed by atoms with Gasteiger partial charge in [-0.05, 0) is 67.9 Å². The van der Waals surface area contributed by atoms with Crippen molar-refractivity contribution < 1.29 is 13.9 Å². The van der Waals surface area contributed by atoms with Gasteiger partial charge >= 0.3 is 5.97 Å². The lowest BCUT2D eigenvalue weighted by atomic mass is 9.47. The van der Waals surface area contributed by atoms with Crippen LogP contribution in [0.15, 0.2) is 23.0 Å². The molecule has 3 rings (SSSR count). The topological polar surface area (TPSA) is 39.4 Å². The molecule has 2 saturated carbocycles. The first-order valence-electron chi connectivity index (χ1n) is 8.60. The SMILES string of the molecule is COC(=O)C1(C)CCCC2(C)C(Cc3ccoc3)CCCC12. The molecule has 0 aromatic carbocycles. The largest absolute Gasteiger partial charge is 0.472 e. The highest BCUT2D eigenvalue weighted by atomic mass is 16.5. The number of methoxy groups -OCH3 is 1. The van der Waals surface area contributed by atoms with Crippen LogP contribution < -0.4 is 0 Å². The molecule has 0 amide bonds. The van der Waals surface area contributed by atoms with Crippen molar-refractivity contribution in [1.29, 1.82) is 0 Å². The van der Waals surface area contributed by atoms with E-state index in [2.05, 4.69) is 19.9 Å². The second-order valence-corrected chi connectivity index (χ2v) is 7.78. The summed E-state index contributed by atoms with van der Waals surface area (Å²) in [6.45, 7) is 4.56. The van der Waals surface area contributed by atoms with Gasteiger partial charge in [0.15, 0.2) is 0 Å². The molecule has 2 fully saturated rings. The van der Waals surface area contributed by atoms with Gasteiger partial charge < -0.3 is 9.15 Å². The van der Waals surface area contributed by atoms with Crippen LogP contribution >= 0.6 is 0 Å². The van der Waals surface area contributed by atoms with Gasteiger partial charge in [0, 0.05) is 0 Å². The Hall–Kier alpha value is -1.25. The fraction of sp³-hybridized carbons (Fsp3) is 0.737. The number of rotatable bonds is 3. The van der Waals surface area contributed by atoms with Crippen molar-refractivity contribution in [3.05, 3.63) is 24.2 Å². The molecule has 0 saturated heterocycles. The number of fused-ring (bicyclic) bond motifs is 1. The molecule has 22 heavy (non-hydrogen) atoms. The van der Waals surface area contributed by atoms with Gasteiger partial charge in [-0.2, -0.15) is 0 Å². The Morgan fingerprint density at radius 2 is 2.14 bits per heavy atom. The Balaban J connectivity index is 1.88. The van der Waals surface area contributed by atoms with Crippen molar-refractivity contribution in [3.8, 4) is 0 Å². The molecule has 2 aliphatic carbocycles. The normalized spacial score (nSPS) is 38.3. The van der Waals surface area contributed by atoms with Crippen LogP contribution in [0.4, 0.5) is 0 Å². The summed E-state index contributed by atoms with van der Waals surface area (Å²) in [6.07, 6.45) is 11.7. The third-order valence-electron chi connectivity index (χ3n) is 6.67. The van der Waals surface area contributed by atoms with Crippen LogP contribution in [0.5, 0.6) is 0 Å². The molecular formula is C19H28O3. The summed E-state index contributed by atoms with van der Waals surface area (Å²) in [6, 6.07) is 2.08. The van der Waals surface area contributed by atoms with Gasteiger partial charge in [-0.25, -0.2) is 0 Å². The van der Waals surface area contributed by atoms with Gasteiger partial charge in [-0.3, -0.25) is 4.79 Å². The minimum atomic E-state index is -0.309. The van der Waals surface area contributed by atoms with Crippen molar-refractivity contribution in [2.45, 2.75) is 58.8 Å². The second kappa shape index (κ2) is 5.75. The molecule has 0 aliphatic heterocycles. The van der Waals surface area contributed by atoms with Crippen LogP contribution in [0.3, 0.4) is 0 Å². The van der Waals surface area contributed by atoms with E-state index < -0.39 is 0 Å². The number of hydrogen-bond acceptors (Lipinski definition) is 3. The summed E-state index contributed by atoms with van der Waals surface area (Å²) in [4.78, 5) is 12.5. The van der Waals surface area contributed by atoms with Gasteiger partial charge in [0.25, 0.3) is 0 Å². The lowest BCUT2D eigenvalue weighted by Crippen LogP contribution is -2.53. The lowest BCUT2D eigenvalue weighted by molar-refractivity contribution is -0.170. The van der Waals surface area contributed by atoms with E-state index in [1.165, 1.54) is 31.9 Å². The zero-order chi connectivity index (χ0) is 15.8. The molecule has 0 N–H and O–H groups in total. The molecule has 0 radical (unpaired) electrons. The molecule has 0 bridgehead atoms. The third-order valence-corrected chi connectivity index (χ3v) is 6.67. The number of carbonyl (C=O) groups is 1. The predicted octanol–water partition coefficient (Wildman–Crippen LogP) is 4.61. The summed E-state index contributed by atoms with van der Waals surface area (Å²) in [5.74, 6) is 1.06. The first-order valence-corrected chi connectivity index (χ1v) is 8.60. The molecular weight excluding hydrogens is 276 g/mol. The molecule has 4 atom stereocenters. The lowest BCUT2D eigenvalue weighted by Gasteiger charge is -2.57. The fourth-order valence-electron chi connectivity index (χ4n) is 5.45. The van der Waals surface area contributed by atoms with Crippen LogP contribution in [0, 0.1) is 22.7 Å². The van der Waals surface area contributed by atoms with Crippen molar-refractivity contribution >= 4 is 5.97 Å². The number of ether oxygens (including phenoxy) is 1. The van der Waals surface area contributed by atoms with E-state index in [-0.39, 0.29) is 16.8 Å². The highest BCUT2D eigenvalue weighted by Gasteiger charge is 2.56. The molecule has 122 valence electrons. The minimum Gasteiger partial charge on any atom is -0.472 e. The molecule has 3 nitrogen and oxygen atoms in total. The van der Waals surface area contributed by atoms with Gasteiger partial charge in [0.05, 0.1) is 25.1 Å². The third kappa shape index (κ3) is 2.39. The van der Waals surface area contributed by atoms with Crippen LogP contribution in [0.1, 0.15) is 57.9 Å². The van der Waals surface area contributed by atoms with E-state index in [0.29, 0.717) is 11.8 Å². The summed E-state index contributed by atoms with van der Waals surface area (Å²) in [5.41, 5.74) is 1.21. The first-order chi connectivity index (χ1) is 10.5. The van der Waals surface area contributed by atoms with Crippen molar-refractivity contribution in [1.82, 2.24) is 0 Å². The smallest absolute Gasteiger partial charge is 0.311 e. The maximum atomic E-state index is 12.5. The van der Waals surface area contributed by atoms with Crippen LogP contribution in [0.25, 0.3) is 0 Å². The fourth-order valence-corrected chi connectivity index (χ4v) is 5.45. The predicted molar refractivity (Wildman–Crippen MR) is 85.3 cm³/mol. The summed E-state index contributed by atoms with van der Waals surface area (Å²) >= 11 is 0. The Labute approximate surface area is 133 Å². The summed E-state index contributed by atoms with van der Waals surface area (Å²) < 4.78 is 10.4. The Morgan fingerprint density at radius 3 is 2.82 bits per heavy atom. The number of carbonyl (C=O) groups excluding carboxylic acids is 1. The molecule has 1 aromatic rings. The maximum Gasteiger partial charge on any atom is 0.311 e. The van der Waals surface area contributed by atoms with E-state index in [9.17, 15) is 4.79 Å². The monoisotopic (exact) mass is 304 g/mol. The van der Waals surface area contributed by atoms with E-state index >= 15 is 0 Å². The highest BCUT2D eigenvalue weighted by molar-refractivity contribution is 5.77. The van der Waals surface area contributed by atoms with Gasteiger partial charge in [-0.15, -0.1) is 0 Å². The Kier molecular flexibility index (Phi) is 4.09. The van der Waals surface area contributed by atoms with E-state index in [1.807, 2.05) is 6.26 Å². The van der Waals surface area contributed by atoms with E-state index in [4.69, 9.17) is 9.15 Å². The van der Waals surface area contributed by atoms with Crippen molar-refractivity contribution in [3.63, 3.8) is 0 Å². The molecule has 0 spiro atoms. The van der Waals surface area contributed by atoms with Gasteiger partial charge in [-0.1, -0.05) is 19.8 Å². The van der Waals surface area contributed by atoms with E-state index in [0.717, 1.165) is 25.7 Å². The number of esters is 1. The molecule has 1 heterocycles. The molecule has 3 heteroatoms.